The minimum atomic E-state index is -3.80. The zero-order chi connectivity index (χ0) is 18.2. The van der Waals surface area contributed by atoms with Crippen molar-refractivity contribution in [3.8, 4) is 0 Å². The van der Waals surface area contributed by atoms with Crippen molar-refractivity contribution >= 4 is 16.0 Å². The predicted octanol–water partition coefficient (Wildman–Crippen LogP) is 1.40. The first-order valence-electron chi connectivity index (χ1n) is 7.95. The third kappa shape index (κ3) is 3.33. The molecular formula is C17H21N3O4S. The van der Waals surface area contributed by atoms with Gasteiger partial charge in [-0.2, -0.15) is 4.31 Å². The summed E-state index contributed by atoms with van der Waals surface area (Å²) in [5, 5.41) is 9.18. The number of aromatic nitrogens is 1. The highest BCUT2D eigenvalue weighted by Gasteiger charge is 2.37. The molecular weight excluding hydrogens is 342 g/mol. The molecule has 1 N–H and O–H groups in total. The Bertz CT molecular complexity index is 877. The second-order valence-electron chi connectivity index (χ2n) is 6.28. The lowest BCUT2D eigenvalue weighted by Crippen LogP contribution is -2.49. The fourth-order valence-electron chi connectivity index (χ4n) is 3.16. The maximum Gasteiger partial charge on any atom is 0.352 e. The Balaban J connectivity index is 2.02. The van der Waals surface area contributed by atoms with Crippen molar-refractivity contribution in [3.05, 3.63) is 53.9 Å². The minimum absolute atomic E-state index is 0.0119. The van der Waals surface area contributed by atoms with Crippen LogP contribution in [0.4, 0.5) is 0 Å². The Hall–Kier alpha value is -2.16. The van der Waals surface area contributed by atoms with Gasteiger partial charge in [-0.3, -0.25) is 0 Å². The van der Waals surface area contributed by atoms with Crippen LogP contribution in [0.5, 0.6) is 0 Å². The number of aromatic carboxylic acids is 1. The van der Waals surface area contributed by atoms with Crippen LogP contribution in [-0.2, 0) is 17.1 Å². The van der Waals surface area contributed by atoms with Gasteiger partial charge in [0.1, 0.15) is 10.6 Å². The summed E-state index contributed by atoms with van der Waals surface area (Å²) in [4.78, 5) is 13.3. The molecule has 1 saturated heterocycles. The van der Waals surface area contributed by atoms with E-state index >= 15 is 0 Å². The van der Waals surface area contributed by atoms with Crippen LogP contribution in [0.1, 0.15) is 22.1 Å². The second-order valence-corrected chi connectivity index (χ2v) is 8.17. The Morgan fingerprint density at radius 1 is 1.16 bits per heavy atom. The summed E-state index contributed by atoms with van der Waals surface area (Å²) >= 11 is 0. The van der Waals surface area contributed by atoms with Gasteiger partial charge in [0.25, 0.3) is 0 Å². The van der Waals surface area contributed by atoms with Crippen LogP contribution >= 0.6 is 0 Å². The molecule has 0 spiro atoms. The van der Waals surface area contributed by atoms with Crippen molar-refractivity contribution in [2.24, 2.45) is 7.05 Å². The monoisotopic (exact) mass is 363 g/mol. The first kappa shape index (κ1) is 17.7. The fraction of sp³-hybridized carbons (Fsp3) is 0.353. The van der Waals surface area contributed by atoms with Crippen molar-refractivity contribution in [1.29, 1.82) is 0 Å². The summed E-state index contributed by atoms with van der Waals surface area (Å²) in [5.74, 6) is -1.15. The van der Waals surface area contributed by atoms with Crippen LogP contribution in [0.3, 0.4) is 0 Å². The molecule has 2 aromatic rings. The van der Waals surface area contributed by atoms with E-state index in [2.05, 4.69) is 4.90 Å². The Morgan fingerprint density at radius 3 is 2.44 bits per heavy atom. The van der Waals surface area contributed by atoms with Gasteiger partial charge in [-0.05, 0) is 18.7 Å². The third-order valence-electron chi connectivity index (χ3n) is 4.52. The van der Waals surface area contributed by atoms with Crippen molar-refractivity contribution in [1.82, 2.24) is 13.8 Å². The largest absolute Gasteiger partial charge is 0.477 e. The number of sulfonamides is 1. The molecule has 1 fully saturated rings. The number of hydrogen-bond donors (Lipinski definition) is 1. The van der Waals surface area contributed by atoms with Gasteiger partial charge < -0.3 is 14.6 Å². The number of likely N-dealkylation sites (N-methyl/N-ethyl adjacent to an activating group) is 1. The minimum Gasteiger partial charge on any atom is -0.477 e. The molecule has 0 saturated carbocycles. The fourth-order valence-corrected chi connectivity index (χ4v) is 4.83. The third-order valence-corrected chi connectivity index (χ3v) is 6.40. The van der Waals surface area contributed by atoms with Crippen molar-refractivity contribution < 1.29 is 18.3 Å². The molecule has 0 radical (unpaired) electrons. The van der Waals surface area contributed by atoms with E-state index < -0.39 is 16.0 Å². The molecule has 25 heavy (non-hydrogen) atoms. The number of benzene rings is 1. The van der Waals surface area contributed by atoms with Crippen molar-refractivity contribution in [3.63, 3.8) is 0 Å². The quantitative estimate of drug-likeness (QED) is 0.888. The van der Waals surface area contributed by atoms with Crippen LogP contribution in [0.25, 0.3) is 0 Å². The number of carboxylic acids is 1. The number of rotatable bonds is 4. The second kappa shape index (κ2) is 6.62. The smallest absolute Gasteiger partial charge is 0.352 e. The van der Waals surface area contributed by atoms with E-state index in [1.165, 1.54) is 28.2 Å². The van der Waals surface area contributed by atoms with Gasteiger partial charge in [-0.1, -0.05) is 30.3 Å². The van der Waals surface area contributed by atoms with E-state index in [0.29, 0.717) is 19.6 Å². The lowest BCUT2D eigenvalue weighted by Gasteiger charge is -2.39. The van der Waals surface area contributed by atoms with E-state index in [-0.39, 0.29) is 16.6 Å². The van der Waals surface area contributed by atoms with E-state index in [0.717, 1.165) is 5.56 Å². The van der Waals surface area contributed by atoms with E-state index in [1.54, 1.807) is 0 Å². The summed E-state index contributed by atoms with van der Waals surface area (Å²) in [7, 11) is -0.303. The van der Waals surface area contributed by atoms with Crippen molar-refractivity contribution in [2.45, 2.75) is 10.9 Å². The highest BCUT2D eigenvalue weighted by atomic mass is 32.2. The summed E-state index contributed by atoms with van der Waals surface area (Å²) in [6.45, 7) is 1.57. The van der Waals surface area contributed by atoms with Crippen LogP contribution in [0, 0.1) is 0 Å². The van der Waals surface area contributed by atoms with E-state index in [9.17, 15) is 18.3 Å². The van der Waals surface area contributed by atoms with Gasteiger partial charge in [0.2, 0.25) is 10.0 Å². The molecule has 7 nitrogen and oxygen atoms in total. The standard InChI is InChI=1S/C17H21N3O4S/c1-18-8-9-20(16(12-18)13-6-4-3-5-7-13)25(23,24)14-10-15(17(21)22)19(2)11-14/h3-7,10-11,16H,8-9,12H2,1-2H3,(H,21,22)/t16-/m1/s1. The number of aryl methyl sites for hydroxylation is 1. The normalized spacial score (nSPS) is 19.8. The van der Waals surface area contributed by atoms with E-state index in [1.807, 2.05) is 37.4 Å². The number of carboxylic acid groups (broad SMARTS) is 1. The molecule has 1 aromatic heterocycles. The predicted molar refractivity (Wildman–Crippen MR) is 92.9 cm³/mol. The molecule has 1 aliphatic heterocycles. The summed E-state index contributed by atoms with van der Waals surface area (Å²) < 4.78 is 29.1. The Morgan fingerprint density at radius 2 is 1.84 bits per heavy atom. The maximum atomic E-state index is 13.2. The van der Waals surface area contributed by atoms with Gasteiger partial charge in [0, 0.05) is 32.9 Å². The molecule has 1 atom stereocenters. The highest BCUT2D eigenvalue weighted by molar-refractivity contribution is 7.89. The van der Waals surface area contributed by atoms with Gasteiger partial charge >= 0.3 is 5.97 Å². The van der Waals surface area contributed by atoms with Crippen LogP contribution < -0.4 is 0 Å². The number of piperazine rings is 1. The van der Waals surface area contributed by atoms with Crippen molar-refractivity contribution in [2.75, 3.05) is 26.7 Å². The lowest BCUT2D eigenvalue weighted by atomic mass is 10.1. The lowest BCUT2D eigenvalue weighted by molar-refractivity contribution is 0.0686. The molecule has 0 unspecified atom stereocenters. The zero-order valence-corrected chi connectivity index (χ0v) is 15.0. The number of carbonyl (C=O) groups is 1. The average molecular weight is 363 g/mol. The average Bonchev–Trinajstić information content (AvgIpc) is 2.98. The topological polar surface area (TPSA) is 82.8 Å². The summed E-state index contributed by atoms with van der Waals surface area (Å²) in [6, 6.07) is 10.4. The number of hydrogen-bond acceptors (Lipinski definition) is 4. The molecule has 8 heteroatoms. The summed E-state index contributed by atoms with van der Waals surface area (Å²) in [6.07, 6.45) is 1.36. The molecule has 2 heterocycles. The van der Waals surface area contributed by atoms with Crippen LogP contribution in [0.15, 0.2) is 47.5 Å². The van der Waals surface area contributed by atoms with Gasteiger partial charge in [-0.25, -0.2) is 13.2 Å². The number of nitrogens with zero attached hydrogens (tertiary/aromatic N) is 3. The SMILES string of the molecule is CN1CCN(S(=O)(=O)c2cc(C(=O)O)n(C)c2)[C@@H](c2ccccc2)C1. The van der Waals surface area contributed by atoms with Crippen LogP contribution in [0.2, 0.25) is 0 Å². The summed E-state index contributed by atoms with van der Waals surface area (Å²) in [5.41, 5.74) is 0.871. The highest BCUT2D eigenvalue weighted by Crippen LogP contribution is 2.31. The molecule has 1 aromatic carbocycles. The van der Waals surface area contributed by atoms with Crippen LogP contribution in [-0.4, -0.2) is 59.9 Å². The molecule has 3 rings (SSSR count). The van der Waals surface area contributed by atoms with Gasteiger partial charge in [0.15, 0.2) is 0 Å². The molecule has 1 aliphatic rings. The first-order chi connectivity index (χ1) is 11.8. The first-order valence-corrected chi connectivity index (χ1v) is 9.39. The maximum absolute atomic E-state index is 13.2. The molecule has 134 valence electrons. The molecule has 0 bridgehead atoms. The van der Waals surface area contributed by atoms with Gasteiger partial charge in [0.05, 0.1) is 6.04 Å². The van der Waals surface area contributed by atoms with E-state index in [4.69, 9.17) is 0 Å². The zero-order valence-electron chi connectivity index (χ0n) is 14.2. The Kier molecular flexibility index (Phi) is 4.68. The van der Waals surface area contributed by atoms with Gasteiger partial charge in [-0.15, -0.1) is 0 Å². The molecule has 0 aliphatic carbocycles. The Labute approximate surface area is 147 Å². The molecule has 0 amide bonds.